The van der Waals surface area contributed by atoms with Crippen LogP contribution < -0.4 is 5.32 Å². The van der Waals surface area contributed by atoms with E-state index in [1.165, 1.54) is 18.2 Å². The smallest absolute Gasteiger partial charge is 0.289 e. The molecule has 0 bridgehead atoms. The zero-order valence-corrected chi connectivity index (χ0v) is 11.4. The van der Waals surface area contributed by atoms with Gasteiger partial charge in [-0.25, -0.2) is 4.39 Å². The van der Waals surface area contributed by atoms with Gasteiger partial charge >= 0.3 is 0 Å². The van der Waals surface area contributed by atoms with Crippen molar-refractivity contribution in [2.75, 3.05) is 5.32 Å². The molecular weight excluding hydrogens is 283 g/mol. The van der Waals surface area contributed by atoms with E-state index in [2.05, 4.69) is 5.32 Å². The highest BCUT2D eigenvalue weighted by molar-refractivity contribution is 6.32. The molecule has 0 spiro atoms. The van der Waals surface area contributed by atoms with Gasteiger partial charge in [-0.05, 0) is 36.2 Å². The highest BCUT2D eigenvalue weighted by Gasteiger charge is 2.12. The van der Waals surface area contributed by atoms with Crippen molar-refractivity contribution in [1.82, 2.24) is 0 Å². The highest BCUT2D eigenvalue weighted by Crippen LogP contribution is 2.27. The summed E-state index contributed by atoms with van der Waals surface area (Å²) in [5, 5.41) is 13.9. The van der Waals surface area contributed by atoms with E-state index in [1.54, 1.807) is 25.1 Å². The van der Waals surface area contributed by atoms with Gasteiger partial charge in [0.15, 0.2) is 0 Å². The van der Waals surface area contributed by atoms with Gasteiger partial charge in [0.2, 0.25) is 0 Å². The average Bonchev–Trinajstić information content (AvgIpc) is 2.41. The fourth-order valence-electron chi connectivity index (χ4n) is 1.78. The van der Waals surface area contributed by atoms with E-state index in [0.29, 0.717) is 17.8 Å². The Bertz CT molecular complexity index is 662. The normalized spacial score (nSPS) is 10.3. The Morgan fingerprint density at radius 3 is 2.70 bits per heavy atom. The first-order valence-electron chi connectivity index (χ1n) is 5.90. The van der Waals surface area contributed by atoms with E-state index in [4.69, 9.17) is 11.6 Å². The van der Waals surface area contributed by atoms with Gasteiger partial charge in [0.25, 0.3) is 5.69 Å². The third-order valence-corrected chi connectivity index (χ3v) is 3.18. The Hall–Kier alpha value is -2.14. The maximum absolute atomic E-state index is 13.1. The number of hydrogen-bond acceptors (Lipinski definition) is 3. The third kappa shape index (κ3) is 3.24. The second kappa shape index (κ2) is 5.88. The van der Waals surface area contributed by atoms with Crippen molar-refractivity contribution in [3.8, 4) is 0 Å². The molecule has 0 heterocycles. The van der Waals surface area contributed by atoms with Crippen LogP contribution in [0.4, 0.5) is 15.8 Å². The van der Waals surface area contributed by atoms with Gasteiger partial charge < -0.3 is 5.32 Å². The molecule has 0 aromatic heterocycles. The van der Waals surface area contributed by atoms with Crippen LogP contribution >= 0.6 is 11.6 Å². The Kier molecular flexibility index (Phi) is 4.20. The predicted octanol–water partition coefficient (Wildman–Crippen LogP) is 4.31. The van der Waals surface area contributed by atoms with E-state index in [-0.39, 0.29) is 16.5 Å². The Morgan fingerprint density at radius 1 is 1.30 bits per heavy atom. The number of nitrogens with one attached hydrogen (secondary N) is 1. The van der Waals surface area contributed by atoms with Crippen molar-refractivity contribution in [3.05, 3.63) is 68.5 Å². The molecule has 6 heteroatoms. The molecule has 0 aliphatic carbocycles. The number of nitro benzene ring substituents is 1. The first-order valence-corrected chi connectivity index (χ1v) is 6.28. The zero-order valence-electron chi connectivity index (χ0n) is 10.7. The van der Waals surface area contributed by atoms with Crippen LogP contribution in [0.2, 0.25) is 5.02 Å². The van der Waals surface area contributed by atoms with Crippen LogP contribution in [0.15, 0.2) is 36.4 Å². The second-order valence-corrected chi connectivity index (χ2v) is 4.77. The lowest BCUT2D eigenvalue weighted by Gasteiger charge is -2.08. The molecule has 0 fully saturated rings. The number of aryl methyl sites for hydroxylation is 1. The Labute approximate surface area is 120 Å². The Morgan fingerprint density at radius 2 is 2.05 bits per heavy atom. The minimum atomic E-state index is -0.532. The molecule has 2 aromatic carbocycles. The van der Waals surface area contributed by atoms with Crippen molar-refractivity contribution >= 4 is 23.0 Å². The minimum Gasteiger partial charge on any atom is -0.381 e. The Balaban J connectivity index is 2.12. The summed E-state index contributed by atoms with van der Waals surface area (Å²) in [7, 11) is 0. The first-order chi connectivity index (χ1) is 9.47. The number of nitro groups is 1. The minimum absolute atomic E-state index is 0.0955. The molecule has 1 N–H and O–H groups in total. The molecule has 2 aromatic rings. The van der Waals surface area contributed by atoms with Crippen molar-refractivity contribution < 1.29 is 9.31 Å². The van der Waals surface area contributed by atoms with Crippen LogP contribution in [0, 0.1) is 22.9 Å². The molecule has 0 saturated heterocycles. The SMILES string of the molecule is Cc1cc(CNc2ccc(Cl)c([N+](=O)[O-])c2)ccc1F. The van der Waals surface area contributed by atoms with Crippen LogP contribution in [0.3, 0.4) is 0 Å². The first kappa shape index (κ1) is 14.3. The number of halogens is 2. The van der Waals surface area contributed by atoms with Gasteiger partial charge in [0.05, 0.1) is 4.92 Å². The number of rotatable bonds is 4. The topological polar surface area (TPSA) is 55.2 Å². The maximum Gasteiger partial charge on any atom is 0.289 e. The van der Waals surface area contributed by atoms with Crippen molar-refractivity contribution in [3.63, 3.8) is 0 Å². The quantitative estimate of drug-likeness (QED) is 0.675. The van der Waals surface area contributed by atoms with E-state index >= 15 is 0 Å². The van der Waals surface area contributed by atoms with Gasteiger partial charge in [0.1, 0.15) is 10.8 Å². The molecule has 104 valence electrons. The van der Waals surface area contributed by atoms with Gasteiger partial charge in [-0.2, -0.15) is 0 Å². The standard InChI is InChI=1S/C14H12ClFN2O2/c1-9-6-10(2-5-13(9)16)8-17-11-3-4-12(15)14(7-11)18(19)20/h2-7,17H,8H2,1H3. The molecule has 0 atom stereocenters. The number of benzene rings is 2. The van der Waals surface area contributed by atoms with Crippen molar-refractivity contribution in [2.45, 2.75) is 13.5 Å². The summed E-state index contributed by atoms with van der Waals surface area (Å²) in [5.74, 6) is -0.254. The fourth-order valence-corrected chi connectivity index (χ4v) is 1.97. The summed E-state index contributed by atoms with van der Waals surface area (Å²) in [5.41, 5.74) is 1.89. The fraction of sp³-hybridized carbons (Fsp3) is 0.143. The van der Waals surface area contributed by atoms with Crippen LogP contribution in [-0.4, -0.2) is 4.92 Å². The number of anilines is 1. The molecule has 2 rings (SSSR count). The van der Waals surface area contributed by atoms with Gasteiger partial charge in [-0.1, -0.05) is 23.7 Å². The molecule has 20 heavy (non-hydrogen) atoms. The van der Waals surface area contributed by atoms with Crippen LogP contribution in [0.5, 0.6) is 0 Å². The van der Waals surface area contributed by atoms with E-state index in [1.807, 2.05) is 0 Å². The third-order valence-electron chi connectivity index (χ3n) is 2.86. The summed E-state index contributed by atoms with van der Waals surface area (Å²) in [6.45, 7) is 2.13. The predicted molar refractivity (Wildman–Crippen MR) is 76.6 cm³/mol. The summed E-state index contributed by atoms with van der Waals surface area (Å²) in [4.78, 5) is 10.2. The van der Waals surface area contributed by atoms with E-state index < -0.39 is 4.92 Å². The molecule has 4 nitrogen and oxygen atoms in total. The van der Waals surface area contributed by atoms with Crippen LogP contribution in [0.25, 0.3) is 0 Å². The van der Waals surface area contributed by atoms with Gasteiger partial charge in [0, 0.05) is 18.3 Å². The lowest BCUT2D eigenvalue weighted by Crippen LogP contribution is -2.01. The lowest BCUT2D eigenvalue weighted by molar-refractivity contribution is -0.384. The largest absolute Gasteiger partial charge is 0.381 e. The molecule has 0 radical (unpaired) electrons. The second-order valence-electron chi connectivity index (χ2n) is 4.36. The summed E-state index contributed by atoms with van der Waals surface area (Å²) in [6.07, 6.45) is 0. The number of hydrogen-bond donors (Lipinski definition) is 1. The molecule has 0 amide bonds. The summed E-state index contributed by atoms with van der Waals surface area (Å²) >= 11 is 5.74. The summed E-state index contributed by atoms with van der Waals surface area (Å²) < 4.78 is 13.1. The van der Waals surface area contributed by atoms with Gasteiger partial charge in [-0.3, -0.25) is 10.1 Å². The molecule has 0 saturated carbocycles. The maximum atomic E-state index is 13.1. The van der Waals surface area contributed by atoms with Crippen molar-refractivity contribution in [1.29, 1.82) is 0 Å². The van der Waals surface area contributed by atoms with Crippen LogP contribution in [0.1, 0.15) is 11.1 Å². The monoisotopic (exact) mass is 294 g/mol. The zero-order chi connectivity index (χ0) is 14.7. The van der Waals surface area contributed by atoms with Gasteiger partial charge in [-0.15, -0.1) is 0 Å². The molecular formula is C14H12ClFN2O2. The average molecular weight is 295 g/mol. The highest BCUT2D eigenvalue weighted by atomic mass is 35.5. The molecule has 0 aliphatic rings. The van der Waals surface area contributed by atoms with E-state index in [0.717, 1.165) is 5.56 Å². The van der Waals surface area contributed by atoms with Crippen molar-refractivity contribution in [2.24, 2.45) is 0 Å². The lowest BCUT2D eigenvalue weighted by atomic mass is 10.1. The van der Waals surface area contributed by atoms with Crippen LogP contribution in [-0.2, 0) is 6.54 Å². The number of nitrogens with zero attached hydrogens (tertiary/aromatic N) is 1. The summed E-state index contributed by atoms with van der Waals surface area (Å²) in [6, 6.07) is 9.30. The molecule has 0 unspecified atom stereocenters. The van der Waals surface area contributed by atoms with E-state index in [9.17, 15) is 14.5 Å². The molecule has 0 aliphatic heterocycles.